The fourth-order valence-electron chi connectivity index (χ4n) is 1.26. The van der Waals surface area contributed by atoms with Crippen LogP contribution in [0.15, 0.2) is 11.4 Å². The summed E-state index contributed by atoms with van der Waals surface area (Å²) >= 11 is 0. The molecule has 0 N–H and O–H groups in total. The van der Waals surface area contributed by atoms with Crippen LogP contribution < -0.4 is 0 Å². The van der Waals surface area contributed by atoms with E-state index in [4.69, 9.17) is 6.42 Å². The van der Waals surface area contributed by atoms with Crippen LogP contribution in [-0.4, -0.2) is 12.8 Å². The van der Waals surface area contributed by atoms with Gasteiger partial charge in [-0.2, -0.15) is 0 Å². The van der Waals surface area contributed by atoms with Crippen LogP contribution in [0, 0.1) is 18.3 Å². The molecular formula is C8H11OP. The van der Waals surface area contributed by atoms with E-state index < -0.39 is 7.14 Å². The molecule has 0 bridgehead atoms. The number of hydrogen-bond donors (Lipinski definition) is 0. The molecule has 0 aromatic carbocycles. The van der Waals surface area contributed by atoms with Gasteiger partial charge in [-0.1, -0.05) is 11.5 Å². The van der Waals surface area contributed by atoms with Crippen molar-refractivity contribution in [2.75, 3.05) is 12.8 Å². The molecule has 10 heavy (non-hydrogen) atoms. The fourth-order valence-corrected chi connectivity index (χ4v) is 3.53. The fraction of sp³-hybridized carbons (Fsp3) is 0.500. The summed E-state index contributed by atoms with van der Waals surface area (Å²) in [4.78, 5) is 0. The van der Waals surface area contributed by atoms with Gasteiger partial charge < -0.3 is 4.57 Å². The van der Waals surface area contributed by atoms with Gasteiger partial charge in [-0.15, -0.1) is 6.42 Å². The van der Waals surface area contributed by atoms with E-state index in [-0.39, 0.29) is 5.92 Å². The van der Waals surface area contributed by atoms with Gasteiger partial charge in [0, 0.05) is 12.1 Å². The first kappa shape index (κ1) is 7.63. The molecule has 0 aromatic heterocycles. The zero-order valence-corrected chi connectivity index (χ0v) is 7.19. The molecule has 1 rings (SSSR count). The van der Waals surface area contributed by atoms with Crippen LogP contribution in [0.1, 0.15) is 6.92 Å². The molecule has 0 radical (unpaired) electrons. The third-order valence-corrected chi connectivity index (χ3v) is 3.82. The summed E-state index contributed by atoms with van der Waals surface area (Å²) in [6.45, 7) is 3.74. The first-order valence-corrected chi connectivity index (χ1v) is 5.68. The second-order valence-corrected chi connectivity index (χ2v) is 5.92. The molecule has 2 atom stereocenters. The highest BCUT2D eigenvalue weighted by atomic mass is 31.2. The highest BCUT2D eigenvalue weighted by Gasteiger charge is 2.26. The standard InChI is InChI=1S/C8H11OP/c1-4-8-6-10(3,9)5-7(8)2/h1,5,8H,6H2,2-3H3. The maximum Gasteiger partial charge on any atom is 0.107 e. The molecule has 0 amide bonds. The zero-order valence-electron chi connectivity index (χ0n) is 6.29. The molecule has 1 heterocycles. The minimum absolute atomic E-state index is 0.135. The van der Waals surface area contributed by atoms with Gasteiger partial charge in [0.15, 0.2) is 0 Å². The average molecular weight is 154 g/mol. The van der Waals surface area contributed by atoms with Gasteiger partial charge in [0.05, 0.1) is 0 Å². The molecule has 2 heteroatoms. The second-order valence-electron chi connectivity index (χ2n) is 2.95. The number of rotatable bonds is 0. The van der Waals surface area contributed by atoms with Gasteiger partial charge in [-0.25, -0.2) is 0 Å². The Morgan fingerprint density at radius 3 is 2.70 bits per heavy atom. The Labute approximate surface area is 61.9 Å². The Balaban J connectivity index is 2.91. The molecule has 1 nitrogen and oxygen atoms in total. The van der Waals surface area contributed by atoms with Crippen molar-refractivity contribution in [1.29, 1.82) is 0 Å². The van der Waals surface area contributed by atoms with Crippen molar-refractivity contribution < 1.29 is 4.57 Å². The van der Waals surface area contributed by atoms with Crippen LogP contribution in [0.5, 0.6) is 0 Å². The molecule has 1 aliphatic heterocycles. The van der Waals surface area contributed by atoms with E-state index in [1.807, 2.05) is 12.7 Å². The molecule has 2 unspecified atom stereocenters. The molecule has 0 aromatic rings. The maximum absolute atomic E-state index is 11.4. The van der Waals surface area contributed by atoms with Crippen molar-refractivity contribution in [3.05, 3.63) is 11.4 Å². The van der Waals surface area contributed by atoms with Crippen LogP contribution in [-0.2, 0) is 4.57 Å². The van der Waals surface area contributed by atoms with E-state index in [0.717, 1.165) is 5.57 Å². The summed E-state index contributed by atoms with van der Waals surface area (Å²) in [5, 5.41) is 0. The van der Waals surface area contributed by atoms with E-state index in [9.17, 15) is 4.57 Å². The number of hydrogen-bond acceptors (Lipinski definition) is 1. The third kappa shape index (κ3) is 1.33. The van der Waals surface area contributed by atoms with Crippen molar-refractivity contribution >= 4 is 7.14 Å². The Hall–Kier alpha value is -0.470. The summed E-state index contributed by atoms with van der Waals surface area (Å²) in [5.74, 6) is 4.61. The van der Waals surface area contributed by atoms with Crippen molar-refractivity contribution in [2.24, 2.45) is 5.92 Å². The lowest BCUT2D eigenvalue weighted by Gasteiger charge is -2.01. The molecule has 0 aliphatic carbocycles. The lowest BCUT2D eigenvalue weighted by molar-refractivity contribution is 0.584. The molecule has 1 aliphatic rings. The Morgan fingerprint density at radius 1 is 1.90 bits per heavy atom. The van der Waals surface area contributed by atoms with Crippen LogP contribution in [0.4, 0.5) is 0 Å². The SMILES string of the molecule is C#CC1CP(C)(=O)C=C1C. The van der Waals surface area contributed by atoms with E-state index >= 15 is 0 Å². The highest BCUT2D eigenvalue weighted by Crippen LogP contribution is 2.52. The average Bonchev–Trinajstić information content (AvgIpc) is 2.05. The van der Waals surface area contributed by atoms with Crippen LogP contribution in [0.2, 0.25) is 0 Å². The molecular weight excluding hydrogens is 143 g/mol. The second kappa shape index (κ2) is 2.29. The topological polar surface area (TPSA) is 17.1 Å². The molecule has 0 spiro atoms. The molecule has 54 valence electrons. The predicted molar refractivity (Wildman–Crippen MR) is 44.5 cm³/mol. The quantitative estimate of drug-likeness (QED) is 0.386. The summed E-state index contributed by atoms with van der Waals surface area (Å²) < 4.78 is 11.4. The first-order chi connectivity index (χ1) is 4.55. The zero-order chi connectivity index (χ0) is 7.78. The van der Waals surface area contributed by atoms with Gasteiger partial charge in [0.1, 0.15) is 7.14 Å². The first-order valence-electron chi connectivity index (χ1n) is 3.27. The maximum atomic E-state index is 11.4. The largest absolute Gasteiger partial charge is 0.319 e. The normalized spacial score (nSPS) is 38.9. The van der Waals surface area contributed by atoms with Crippen LogP contribution in [0.3, 0.4) is 0 Å². The Morgan fingerprint density at radius 2 is 2.50 bits per heavy atom. The minimum atomic E-state index is -1.98. The van der Waals surface area contributed by atoms with E-state index in [1.165, 1.54) is 0 Å². The summed E-state index contributed by atoms with van der Waals surface area (Å²) in [5.41, 5.74) is 1.10. The van der Waals surface area contributed by atoms with Gasteiger partial charge >= 0.3 is 0 Å². The van der Waals surface area contributed by atoms with Gasteiger partial charge in [-0.3, -0.25) is 0 Å². The van der Waals surface area contributed by atoms with Gasteiger partial charge in [-0.05, 0) is 19.4 Å². The molecule has 0 saturated carbocycles. The van der Waals surface area contributed by atoms with Gasteiger partial charge in [0.25, 0.3) is 0 Å². The van der Waals surface area contributed by atoms with E-state index in [2.05, 4.69) is 5.92 Å². The summed E-state index contributed by atoms with van der Waals surface area (Å²) in [6, 6.07) is 0. The Kier molecular flexibility index (Phi) is 1.75. The monoisotopic (exact) mass is 154 g/mol. The van der Waals surface area contributed by atoms with Crippen molar-refractivity contribution in [1.82, 2.24) is 0 Å². The molecule has 0 fully saturated rings. The van der Waals surface area contributed by atoms with Crippen molar-refractivity contribution in [2.45, 2.75) is 6.92 Å². The Bertz CT molecular complexity index is 257. The summed E-state index contributed by atoms with van der Waals surface area (Å²) in [6.07, 6.45) is 5.91. The van der Waals surface area contributed by atoms with Crippen molar-refractivity contribution in [3.8, 4) is 12.3 Å². The third-order valence-electron chi connectivity index (χ3n) is 1.77. The smallest absolute Gasteiger partial charge is 0.107 e. The van der Waals surface area contributed by atoms with Crippen molar-refractivity contribution in [3.63, 3.8) is 0 Å². The van der Waals surface area contributed by atoms with Crippen LogP contribution >= 0.6 is 7.14 Å². The van der Waals surface area contributed by atoms with Crippen LogP contribution in [0.25, 0.3) is 0 Å². The lowest BCUT2D eigenvalue weighted by atomic mass is 10.1. The van der Waals surface area contributed by atoms with E-state index in [1.54, 1.807) is 6.66 Å². The summed E-state index contributed by atoms with van der Waals surface area (Å²) in [7, 11) is -1.98. The number of terminal acetylenes is 1. The predicted octanol–water partition coefficient (Wildman–Crippen LogP) is 2.15. The highest BCUT2D eigenvalue weighted by molar-refractivity contribution is 7.66. The van der Waals surface area contributed by atoms with E-state index in [0.29, 0.717) is 6.16 Å². The van der Waals surface area contributed by atoms with Gasteiger partial charge in [0.2, 0.25) is 0 Å². The lowest BCUT2D eigenvalue weighted by Crippen LogP contribution is -1.96. The number of allylic oxidation sites excluding steroid dienone is 1. The molecule has 0 saturated heterocycles. The minimum Gasteiger partial charge on any atom is -0.319 e.